The number of likely N-dealkylation sites (N-methyl/N-ethyl adjacent to an activating group) is 1. The number of nitrogens with zero attached hydrogens (tertiary/aromatic N) is 2. The van der Waals surface area contributed by atoms with Gasteiger partial charge in [0.2, 0.25) is 0 Å². The van der Waals surface area contributed by atoms with E-state index in [9.17, 15) is 0 Å². The van der Waals surface area contributed by atoms with Crippen molar-refractivity contribution in [3.05, 3.63) is 17.5 Å². The van der Waals surface area contributed by atoms with Gasteiger partial charge in [0.05, 0.1) is 5.00 Å². The number of thiophene rings is 1. The van der Waals surface area contributed by atoms with Crippen LogP contribution >= 0.6 is 11.3 Å². The first-order chi connectivity index (χ1) is 7.34. The number of anilines is 1. The Morgan fingerprint density at radius 3 is 2.80 bits per heavy atom. The van der Waals surface area contributed by atoms with Crippen molar-refractivity contribution in [2.75, 3.05) is 51.6 Å². The fourth-order valence-corrected chi connectivity index (χ4v) is 2.43. The van der Waals surface area contributed by atoms with Gasteiger partial charge in [-0.3, -0.25) is 4.90 Å². The average Bonchev–Trinajstić information content (AvgIpc) is 2.74. The molecule has 1 N–H and O–H groups in total. The van der Waals surface area contributed by atoms with Crippen LogP contribution in [0.1, 0.15) is 0 Å². The SMILES string of the molecule is CN1CCN(CCNc2cccs2)CC1. The average molecular weight is 225 g/mol. The van der Waals surface area contributed by atoms with Gasteiger partial charge in [0.1, 0.15) is 0 Å². The second-order valence-corrected chi connectivity index (χ2v) is 5.00. The van der Waals surface area contributed by atoms with Crippen molar-refractivity contribution in [3.8, 4) is 0 Å². The minimum atomic E-state index is 1.06. The van der Waals surface area contributed by atoms with Crippen molar-refractivity contribution < 1.29 is 0 Å². The highest BCUT2D eigenvalue weighted by atomic mass is 32.1. The molecule has 2 heterocycles. The number of hydrogen-bond acceptors (Lipinski definition) is 4. The van der Waals surface area contributed by atoms with Gasteiger partial charge in [0.25, 0.3) is 0 Å². The van der Waals surface area contributed by atoms with Crippen molar-refractivity contribution in [1.82, 2.24) is 9.80 Å². The van der Waals surface area contributed by atoms with Gasteiger partial charge in [-0.05, 0) is 24.6 Å². The van der Waals surface area contributed by atoms with Crippen molar-refractivity contribution in [2.45, 2.75) is 0 Å². The molecule has 0 unspecified atom stereocenters. The molecule has 1 aromatic rings. The molecular weight excluding hydrogens is 206 g/mol. The van der Waals surface area contributed by atoms with Gasteiger partial charge in [-0.2, -0.15) is 0 Å². The van der Waals surface area contributed by atoms with E-state index in [0.717, 1.165) is 13.1 Å². The molecule has 0 spiro atoms. The molecule has 0 aromatic carbocycles. The lowest BCUT2D eigenvalue weighted by atomic mass is 10.3. The summed E-state index contributed by atoms with van der Waals surface area (Å²) in [6, 6.07) is 4.22. The summed E-state index contributed by atoms with van der Waals surface area (Å²) in [7, 11) is 2.20. The predicted octanol–water partition coefficient (Wildman–Crippen LogP) is 1.41. The second-order valence-electron chi connectivity index (χ2n) is 4.05. The third-order valence-electron chi connectivity index (χ3n) is 2.84. The highest BCUT2D eigenvalue weighted by Gasteiger charge is 2.12. The van der Waals surface area contributed by atoms with Crippen LogP contribution < -0.4 is 5.32 Å². The fraction of sp³-hybridized carbons (Fsp3) is 0.636. The summed E-state index contributed by atoms with van der Waals surface area (Å²) in [5, 5.41) is 6.84. The summed E-state index contributed by atoms with van der Waals surface area (Å²) in [5.41, 5.74) is 0. The van der Waals surface area contributed by atoms with E-state index in [0.29, 0.717) is 0 Å². The molecule has 1 aliphatic heterocycles. The van der Waals surface area contributed by atoms with Gasteiger partial charge in [-0.25, -0.2) is 0 Å². The van der Waals surface area contributed by atoms with E-state index in [1.165, 1.54) is 31.2 Å². The molecular formula is C11H19N3S. The molecule has 3 nitrogen and oxygen atoms in total. The van der Waals surface area contributed by atoms with Crippen LogP contribution in [0, 0.1) is 0 Å². The third kappa shape index (κ3) is 3.48. The molecule has 0 saturated carbocycles. The maximum atomic E-state index is 3.45. The van der Waals surface area contributed by atoms with Crippen LogP contribution in [-0.4, -0.2) is 56.1 Å². The van der Waals surface area contributed by atoms with Crippen molar-refractivity contribution in [1.29, 1.82) is 0 Å². The molecule has 1 fully saturated rings. The first-order valence-electron chi connectivity index (χ1n) is 5.53. The van der Waals surface area contributed by atoms with Crippen molar-refractivity contribution in [3.63, 3.8) is 0 Å². The summed E-state index contributed by atoms with van der Waals surface area (Å²) in [6.07, 6.45) is 0. The standard InChI is InChI=1S/C11H19N3S/c1-13-6-8-14(9-7-13)5-4-12-11-3-2-10-15-11/h2-3,10,12H,4-9H2,1H3. The molecule has 84 valence electrons. The second kappa shape index (κ2) is 5.49. The molecule has 0 radical (unpaired) electrons. The molecule has 0 atom stereocenters. The Balaban J connectivity index is 1.62. The quantitative estimate of drug-likeness (QED) is 0.836. The lowest BCUT2D eigenvalue weighted by Gasteiger charge is -2.32. The van der Waals surface area contributed by atoms with Crippen LogP contribution in [0.5, 0.6) is 0 Å². The highest BCUT2D eigenvalue weighted by molar-refractivity contribution is 7.14. The van der Waals surface area contributed by atoms with Gasteiger partial charge in [0, 0.05) is 39.3 Å². The topological polar surface area (TPSA) is 18.5 Å². The van der Waals surface area contributed by atoms with Crippen LogP contribution in [0.25, 0.3) is 0 Å². The molecule has 2 rings (SSSR count). The Hall–Kier alpha value is -0.580. The van der Waals surface area contributed by atoms with E-state index in [1.807, 2.05) is 0 Å². The lowest BCUT2D eigenvalue weighted by Crippen LogP contribution is -2.45. The minimum Gasteiger partial charge on any atom is -0.376 e. The molecule has 0 aliphatic carbocycles. The summed E-state index contributed by atoms with van der Waals surface area (Å²) in [5.74, 6) is 0. The maximum Gasteiger partial charge on any atom is 0.0882 e. The molecule has 1 saturated heterocycles. The summed E-state index contributed by atoms with van der Waals surface area (Å²) in [4.78, 5) is 4.92. The fourth-order valence-electron chi connectivity index (χ4n) is 1.79. The van der Waals surface area contributed by atoms with Gasteiger partial charge >= 0.3 is 0 Å². The van der Waals surface area contributed by atoms with Crippen molar-refractivity contribution in [2.24, 2.45) is 0 Å². The number of nitrogens with one attached hydrogen (secondary N) is 1. The zero-order chi connectivity index (χ0) is 10.5. The Kier molecular flexibility index (Phi) is 4.00. The van der Waals surface area contributed by atoms with Gasteiger partial charge in [-0.1, -0.05) is 0 Å². The van der Waals surface area contributed by atoms with Crippen LogP contribution in [-0.2, 0) is 0 Å². The Labute approximate surface area is 95.7 Å². The first kappa shape index (κ1) is 10.9. The van der Waals surface area contributed by atoms with Crippen LogP contribution in [0.2, 0.25) is 0 Å². The number of piperazine rings is 1. The Morgan fingerprint density at radius 1 is 1.33 bits per heavy atom. The summed E-state index contributed by atoms with van der Waals surface area (Å²) in [6.45, 7) is 7.05. The predicted molar refractivity (Wildman–Crippen MR) is 66.7 cm³/mol. The minimum absolute atomic E-state index is 1.06. The lowest BCUT2D eigenvalue weighted by molar-refractivity contribution is 0.158. The first-order valence-corrected chi connectivity index (χ1v) is 6.41. The monoisotopic (exact) mass is 225 g/mol. The van der Waals surface area contributed by atoms with Gasteiger partial charge < -0.3 is 10.2 Å². The third-order valence-corrected chi connectivity index (χ3v) is 3.67. The molecule has 1 aliphatic rings. The molecule has 4 heteroatoms. The molecule has 0 bridgehead atoms. The van der Waals surface area contributed by atoms with E-state index in [2.05, 4.69) is 39.7 Å². The van der Waals surface area contributed by atoms with E-state index in [-0.39, 0.29) is 0 Å². The number of rotatable bonds is 4. The van der Waals surface area contributed by atoms with Crippen molar-refractivity contribution >= 4 is 16.3 Å². The Morgan fingerprint density at radius 2 is 2.13 bits per heavy atom. The van der Waals surface area contributed by atoms with Gasteiger partial charge in [0.15, 0.2) is 0 Å². The zero-order valence-electron chi connectivity index (χ0n) is 9.28. The number of hydrogen-bond donors (Lipinski definition) is 1. The van der Waals surface area contributed by atoms with E-state index in [4.69, 9.17) is 0 Å². The smallest absolute Gasteiger partial charge is 0.0882 e. The highest BCUT2D eigenvalue weighted by Crippen LogP contribution is 2.14. The molecule has 1 aromatic heterocycles. The summed E-state index contributed by atoms with van der Waals surface area (Å²) < 4.78 is 0. The van der Waals surface area contributed by atoms with Crippen LogP contribution in [0.4, 0.5) is 5.00 Å². The van der Waals surface area contributed by atoms with Crippen LogP contribution in [0.3, 0.4) is 0 Å². The largest absolute Gasteiger partial charge is 0.376 e. The molecule has 0 amide bonds. The maximum absolute atomic E-state index is 3.45. The summed E-state index contributed by atoms with van der Waals surface area (Å²) >= 11 is 1.77. The normalized spacial score (nSPS) is 19.3. The molecule has 15 heavy (non-hydrogen) atoms. The van der Waals surface area contributed by atoms with E-state index < -0.39 is 0 Å². The Bertz CT molecular complexity index is 265. The van der Waals surface area contributed by atoms with Crippen LogP contribution in [0.15, 0.2) is 17.5 Å². The van der Waals surface area contributed by atoms with E-state index in [1.54, 1.807) is 11.3 Å². The van der Waals surface area contributed by atoms with Gasteiger partial charge in [-0.15, -0.1) is 11.3 Å². The zero-order valence-corrected chi connectivity index (χ0v) is 10.1. The van der Waals surface area contributed by atoms with E-state index >= 15 is 0 Å².